The topological polar surface area (TPSA) is 123 Å². The van der Waals surface area contributed by atoms with Gasteiger partial charge in [-0.1, -0.05) is 68.4 Å². The van der Waals surface area contributed by atoms with Gasteiger partial charge in [-0.2, -0.15) is 0 Å². The summed E-state index contributed by atoms with van der Waals surface area (Å²) in [6.07, 6.45) is -0.358. The average molecular weight is 538 g/mol. The number of carboxylic acids is 1. The van der Waals surface area contributed by atoms with Crippen LogP contribution in [-0.2, 0) is 36.7 Å². The molecular weight excluding hydrogens is 499 g/mol. The Hall–Kier alpha value is -3.37. The van der Waals surface area contributed by atoms with Gasteiger partial charge in [0.15, 0.2) is 0 Å². The van der Waals surface area contributed by atoms with Gasteiger partial charge < -0.3 is 29.8 Å². The molecule has 2 aromatic carbocycles. The number of hydrogen-bond acceptors (Lipinski definition) is 6. The molecule has 0 aromatic heterocycles. The van der Waals surface area contributed by atoms with Crippen molar-refractivity contribution in [1.82, 2.24) is 10.6 Å². The van der Waals surface area contributed by atoms with Gasteiger partial charge in [0.1, 0.15) is 18.7 Å². The lowest BCUT2D eigenvalue weighted by atomic mass is 9.78. The van der Waals surface area contributed by atoms with Crippen LogP contribution in [-0.4, -0.2) is 53.5 Å². The molecule has 0 aliphatic carbocycles. The van der Waals surface area contributed by atoms with E-state index in [1.165, 1.54) is 0 Å². The lowest BCUT2D eigenvalue weighted by molar-refractivity contribution is -0.142. The summed E-state index contributed by atoms with van der Waals surface area (Å²) in [6.45, 7) is 11.8. The van der Waals surface area contributed by atoms with Gasteiger partial charge in [-0.25, -0.2) is 9.59 Å². The number of aliphatic carboxylic acids is 1. The summed E-state index contributed by atoms with van der Waals surface area (Å²) in [5.74, 6) is -1.68. The Morgan fingerprint density at radius 2 is 1.46 bits per heavy atom. The molecule has 0 radical (unpaired) electrons. The molecule has 9 nitrogen and oxygen atoms in total. The minimum Gasteiger partial charge on any atom is -0.480 e. The van der Waals surface area contributed by atoms with Crippen LogP contribution in [0.2, 0.25) is 0 Å². The first kappa shape index (κ1) is 30.2. The summed E-state index contributed by atoms with van der Waals surface area (Å²) >= 11 is 0. The lowest BCUT2D eigenvalue weighted by Crippen LogP contribution is -2.52. The molecule has 3 N–H and O–H groups in total. The molecule has 1 aliphatic heterocycles. The van der Waals surface area contributed by atoms with E-state index in [4.69, 9.17) is 14.0 Å². The predicted octanol–water partition coefficient (Wildman–Crippen LogP) is 3.44. The molecule has 2 aromatic rings. The van der Waals surface area contributed by atoms with Gasteiger partial charge in [0.25, 0.3) is 0 Å². The number of benzene rings is 2. The summed E-state index contributed by atoms with van der Waals surface area (Å²) in [5.41, 5.74) is 1.42. The second-order valence-electron chi connectivity index (χ2n) is 11.3. The van der Waals surface area contributed by atoms with Gasteiger partial charge in [-0.3, -0.25) is 4.79 Å². The third kappa shape index (κ3) is 8.31. The van der Waals surface area contributed by atoms with E-state index in [1.807, 2.05) is 84.0 Å². The highest BCUT2D eigenvalue weighted by Crippen LogP contribution is 2.36. The quantitative estimate of drug-likeness (QED) is 0.375. The molecule has 2 atom stereocenters. The molecule has 1 fully saturated rings. The monoisotopic (exact) mass is 538 g/mol. The van der Waals surface area contributed by atoms with Gasteiger partial charge >= 0.3 is 19.2 Å². The van der Waals surface area contributed by atoms with Crippen LogP contribution in [0.3, 0.4) is 0 Å². The summed E-state index contributed by atoms with van der Waals surface area (Å²) in [7, 11) is -0.525. The zero-order valence-electron chi connectivity index (χ0n) is 23.5. The Bertz CT molecular complexity index is 1120. The predicted molar refractivity (Wildman–Crippen MR) is 148 cm³/mol. The molecule has 2 amide bonds. The second-order valence-corrected chi connectivity index (χ2v) is 11.3. The molecule has 0 saturated carbocycles. The van der Waals surface area contributed by atoms with Crippen LogP contribution in [0.25, 0.3) is 0 Å². The van der Waals surface area contributed by atoms with Crippen LogP contribution < -0.4 is 16.1 Å². The van der Waals surface area contributed by atoms with Crippen LogP contribution in [0.15, 0.2) is 54.6 Å². The minimum absolute atomic E-state index is 0.0579. The highest BCUT2D eigenvalue weighted by atomic mass is 16.7. The summed E-state index contributed by atoms with van der Waals surface area (Å²) in [4.78, 5) is 37.5. The number of carboxylic acid groups (broad SMARTS) is 1. The summed E-state index contributed by atoms with van der Waals surface area (Å²) in [5, 5.41) is 15.0. The smallest absolute Gasteiger partial charge is 0.480 e. The first-order valence-corrected chi connectivity index (χ1v) is 13.2. The number of alkyl carbamates (subject to hydrolysis) is 1. The van der Waals surface area contributed by atoms with E-state index in [1.54, 1.807) is 12.1 Å². The Kier molecular flexibility index (Phi) is 9.80. The Morgan fingerprint density at radius 3 is 2.00 bits per heavy atom. The number of carbonyl (C=O) groups excluding carboxylic acids is 2. The van der Waals surface area contributed by atoms with E-state index in [0.717, 1.165) is 16.6 Å². The maximum atomic E-state index is 13.1. The van der Waals surface area contributed by atoms with Gasteiger partial charge in [-0.15, -0.1) is 0 Å². The minimum atomic E-state index is -1.18. The van der Waals surface area contributed by atoms with Crippen molar-refractivity contribution >= 4 is 30.6 Å². The third-order valence-corrected chi connectivity index (χ3v) is 7.09. The number of hydrogen-bond donors (Lipinski definition) is 3. The van der Waals surface area contributed by atoms with Crippen LogP contribution >= 0.6 is 0 Å². The molecule has 3 rings (SSSR count). The zero-order valence-corrected chi connectivity index (χ0v) is 23.5. The maximum Gasteiger partial charge on any atom is 0.494 e. The molecule has 39 heavy (non-hydrogen) atoms. The van der Waals surface area contributed by atoms with Crippen LogP contribution in [0.4, 0.5) is 4.79 Å². The highest BCUT2D eigenvalue weighted by molar-refractivity contribution is 6.62. The van der Waals surface area contributed by atoms with Gasteiger partial charge in [0.2, 0.25) is 5.91 Å². The van der Waals surface area contributed by atoms with Crippen LogP contribution in [0.5, 0.6) is 0 Å². The molecule has 1 saturated heterocycles. The van der Waals surface area contributed by atoms with E-state index in [2.05, 4.69) is 10.6 Å². The molecule has 0 bridgehead atoms. The number of carbonyl (C=O) groups is 3. The standard InChI is InChI=1S/C29H39BN2O7/c1-19(2)16-23(32-27(36)37-18-21-10-8-7-9-11-21)25(33)31-24(26(34)35)17-20-12-14-22(15-13-20)30-38-28(3,4)29(5,6)39-30/h7-15,19,23-24H,16-18H2,1-6H3,(H,31,33)(H,32,36)(H,34,35)/t23-,24+/m0/s1. The fraction of sp³-hybridized carbons (Fsp3) is 0.483. The fourth-order valence-corrected chi connectivity index (χ4v) is 4.11. The molecule has 10 heteroatoms. The fourth-order valence-electron chi connectivity index (χ4n) is 4.11. The second kappa shape index (κ2) is 12.7. The number of rotatable bonds is 11. The average Bonchev–Trinajstić information content (AvgIpc) is 3.09. The Labute approximate surface area is 230 Å². The zero-order chi connectivity index (χ0) is 28.8. The first-order chi connectivity index (χ1) is 18.3. The normalized spacial score (nSPS) is 17.4. The van der Waals surface area contributed by atoms with E-state index < -0.39 is 48.4 Å². The van der Waals surface area contributed by atoms with E-state index >= 15 is 0 Å². The van der Waals surface area contributed by atoms with Gasteiger partial charge in [0, 0.05) is 6.42 Å². The first-order valence-electron chi connectivity index (χ1n) is 13.2. The summed E-state index contributed by atoms with van der Waals surface area (Å²) < 4.78 is 17.4. The number of amides is 2. The third-order valence-electron chi connectivity index (χ3n) is 7.09. The van der Waals surface area contributed by atoms with E-state index in [-0.39, 0.29) is 18.9 Å². The van der Waals surface area contributed by atoms with Crippen molar-refractivity contribution in [2.45, 2.75) is 84.3 Å². The van der Waals surface area contributed by atoms with Gasteiger partial charge in [0.05, 0.1) is 11.2 Å². The van der Waals surface area contributed by atoms with Crippen molar-refractivity contribution in [3.05, 3.63) is 65.7 Å². The lowest BCUT2D eigenvalue weighted by Gasteiger charge is -2.32. The number of nitrogens with one attached hydrogen (secondary N) is 2. The largest absolute Gasteiger partial charge is 0.494 e. The van der Waals surface area contributed by atoms with Crippen LogP contribution in [0, 0.1) is 5.92 Å². The Morgan fingerprint density at radius 1 is 0.872 bits per heavy atom. The van der Waals surface area contributed by atoms with Crippen molar-refractivity contribution in [1.29, 1.82) is 0 Å². The van der Waals surface area contributed by atoms with Crippen molar-refractivity contribution < 1.29 is 33.5 Å². The van der Waals surface area contributed by atoms with Crippen molar-refractivity contribution in [2.75, 3.05) is 0 Å². The molecular formula is C29H39BN2O7. The highest BCUT2D eigenvalue weighted by Gasteiger charge is 2.51. The molecule has 0 spiro atoms. The molecule has 210 valence electrons. The van der Waals surface area contributed by atoms with Gasteiger partial charge in [-0.05, 0) is 56.6 Å². The molecule has 0 unspecified atom stereocenters. The summed E-state index contributed by atoms with van der Waals surface area (Å²) in [6, 6.07) is 14.3. The number of ether oxygens (including phenoxy) is 1. The van der Waals surface area contributed by atoms with Crippen molar-refractivity contribution in [3.63, 3.8) is 0 Å². The van der Waals surface area contributed by atoms with E-state index in [9.17, 15) is 19.5 Å². The maximum absolute atomic E-state index is 13.1. The van der Waals surface area contributed by atoms with Crippen molar-refractivity contribution in [2.24, 2.45) is 5.92 Å². The molecule has 1 aliphatic rings. The molecule has 1 heterocycles. The van der Waals surface area contributed by atoms with Crippen molar-refractivity contribution in [3.8, 4) is 0 Å². The van der Waals surface area contributed by atoms with E-state index in [0.29, 0.717) is 6.42 Å². The Balaban J connectivity index is 1.61. The SMILES string of the molecule is CC(C)C[C@H](NC(=O)OCc1ccccc1)C(=O)N[C@H](Cc1ccc(B2OC(C)(C)C(C)(C)O2)cc1)C(=O)O. The van der Waals surface area contributed by atoms with Crippen LogP contribution in [0.1, 0.15) is 59.1 Å².